The van der Waals surface area contributed by atoms with Crippen LogP contribution in [-0.2, 0) is 4.79 Å². The van der Waals surface area contributed by atoms with Gasteiger partial charge in [0.2, 0.25) is 11.5 Å². The minimum atomic E-state index is -0.356. The number of ketones is 1. The van der Waals surface area contributed by atoms with Crippen LogP contribution in [-0.4, -0.2) is 33.1 Å². The number of carbonyl (C=O) groups excluding carboxylic acids is 2. The van der Waals surface area contributed by atoms with Crippen molar-refractivity contribution in [2.75, 3.05) is 21.3 Å². The van der Waals surface area contributed by atoms with Crippen LogP contribution >= 0.6 is 0 Å². The van der Waals surface area contributed by atoms with E-state index in [1.165, 1.54) is 21.3 Å². The summed E-state index contributed by atoms with van der Waals surface area (Å²) in [7, 11) is 4.55. The number of hydrogen-bond donors (Lipinski definition) is 0. The van der Waals surface area contributed by atoms with Gasteiger partial charge in [0.05, 0.1) is 26.9 Å². The van der Waals surface area contributed by atoms with Crippen molar-refractivity contribution in [2.45, 2.75) is 20.3 Å². The van der Waals surface area contributed by atoms with E-state index in [-0.39, 0.29) is 23.9 Å². The number of benzene rings is 2. The molecular formula is C22H22O7. The maximum Gasteiger partial charge on any atom is 0.310 e. The minimum Gasteiger partial charge on any atom is -0.493 e. The van der Waals surface area contributed by atoms with Crippen molar-refractivity contribution in [3.8, 4) is 28.7 Å². The first-order valence-electron chi connectivity index (χ1n) is 9.02. The van der Waals surface area contributed by atoms with Crippen molar-refractivity contribution in [1.29, 1.82) is 0 Å². The van der Waals surface area contributed by atoms with Gasteiger partial charge in [-0.1, -0.05) is 6.92 Å². The molecule has 0 amide bonds. The fraction of sp³-hybridized carbons (Fsp3) is 0.273. The summed E-state index contributed by atoms with van der Waals surface area (Å²) in [6.07, 6.45) is 1.85. The number of Topliss-reactive ketones (excluding diaryl/α,β-unsaturated/α-hetero) is 1. The molecule has 0 aromatic heterocycles. The Morgan fingerprint density at radius 2 is 1.69 bits per heavy atom. The number of rotatable bonds is 6. The van der Waals surface area contributed by atoms with Crippen molar-refractivity contribution in [1.82, 2.24) is 0 Å². The molecule has 0 N–H and O–H groups in total. The Morgan fingerprint density at radius 3 is 2.24 bits per heavy atom. The molecule has 0 saturated heterocycles. The highest BCUT2D eigenvalue weighted by atomic mass is 16.5. The third-order valence-corrected chi connectivity index (χ3v) is 4.53. The Bertz CT molecular complexity index is 979. The summed E-state index contributed by atoms with van der Waals surface area (Å²) in [5, 5.41) is 0. The molecule has 1 aliphatic heterocycles. The summed E-state index contributed by atoms with van der Waals surface area (Å²) >= 11 is 0. The molecule has 152 valence electrons. The molecule has 7 heteroatoms. The molecule has 3 rings (SSSR count). The van der Waals surface area contributed by atoms with Gasteiger partial charge in [-0.2, -0.15) is 0 Å². The van der Waals surface area contributed by atoms with E-state index >= 15 is 0 Å². The largest absolute Gasteiger partial charge is 0.493 e. The Balaban J connectivity index is 1.99. The minimum absolute atomic E-state index is 0.149. The molecule has 0 atom stereocenters. The van der Waals surface area contributed by atoms with Gasteiger partial charge in [-0.05, 0) is 42.8 Å². The van der Waals surface area contributed by atoms with Crippen LogP contribution in [0.5, 0.6) is 28.7 Å². The van der Waals surface area contributed by atoms with Crippen molar-refractivity contribution in [3.63, 3.8) is 0 Å². The van der Waals surface area contributed by atoms with Crippen LogP contribution in [0.3, 0.4) is 0 Å². The predicted octanol–water partition coefficient (Wildman–Crippen LogP) is 3.95. The van der Waals surface area contributed by atoms with Crippen molar-refractivity contribution in [2.24, 2.45) is 0 Å². The van der Waals surface area contributed by atoms with E-state index in [0.717, 1.165) is 0 Å². The van der Waals surface area contributed by atoms with Crippen molar-refractivity contribution in [3.05, 3.63) is 46.7 Å². The van der Waals surface area contributed by atoms with E-state index in [0.29, 0.717) is 45.4 Å². The highest BCUT2D eigenvalue weighted by molar-refractivity contribution is 6.15. The van der Waals surface area contributed by atoms with E-state index in [2.05, 4.69) is 0 Å². The molecular weight excluding hydrogens is 376 g/mol. The van der Waals surface area contributed by atoms with Gasteiger partial charge in [0.1, 0.15) is 11.5 Å². The highest BCUT2D eigenvalue weighted by Crippen LogP contribution is 2.41. The van der Waals surface area contributed by atoms with Crippen molar-refractivity contribution < 1.29 is 33.3 Å². The molecule has 2 aromatic carbocycles. The molecule has 0 bridgehead atoms. The number of hydrogen-bond acceptors (Lipinski definition) is 7. The van der Waals surface area contributed by atoms with Crippen LogP contribution in [0, 0.1) is 6.92 Å². The smallest absolute Gasteiger partial charge is 0.310 e. The van der Waals surface area contributed by atoms with E-state index in [1.807, 2.05) is 0 Å². The Morgan fingerprint density at radius 1 is 1.03 bits per heavy atom. The maximum absolute atomic E-state index is 12.8. The van der Waals surface area contributed by atoms with E-state index < -0.39 is 0 Å². The SMILES string of the molecule is CCC(=O)Oc1ccc2c(c1C)O/C(=C\c1cc(OC)c(OC)c(OC)c1)C2=O. The van der Waals surface area contributed by atoms with Gasteiger partial charge in [-0.3, -0.25) is 9.59 Å². The van der Waals surface area contributed by atoms with Gasteiger partial charge in [-0.25, -0.2) is 0 Å². The Labute approximate surface area is 168 Å². The third kappa shape index (κ3) is 3.76. The summed E-state index contributed by atoms with van der Waals surface area (Å²) in [6, 6.07) is 6.63. The first kappa shape index (κ1) is 20.3. The summed E-state index contributed by atoms with van der Waals surface area (Å²) in [6.45, 7) is 3.45. The lowest BCUT2D eigenvalue weighted by Crippen LogP contribution is -2.06. The van der Waals surface area contributed by atoms with Crippen LogP contribution in [0.15, 0.2) is 30.0 Å². The molecule has 0 radical (unpaired) electrons. The van der Waals surface area contributed by atoms with Crippen molar-refractivity contribution >= 4 is 17.8 Å². The Hall–Kier alpha value is -3.48. The molecule has 1 heterocycles. The summed E-state index contributed by atoms with van der Waals surface area (Å²) in [4.78, 5) is 24.4. The van der Waals surface area contributed by atoms with Gasteiger partial charge in [0, 0.05) is 12.0 Å². The standard InChI is InChI=1S/C22H22O7/c1-6-19(23)28-15-8-7-14-20(24)16(29-21(14)12(15)2)9-13-10-17(25-3)22(27-5)18(11-13)26-4/h7-11H,6H2,1-5H3/b16-9-. The number of ether oxygens (including phenoxy) is 5. The average Bonchev–Trinajstić information content (AvgIpc) is 3.05. The number of fused-ring (bicyclic) bond motifs is 1. The second-order valence-corrected chi connectivity index (χ2v) is 6.29. The first-order chi connectivity index (χ1) is 13.9. The van der Waals surface area contributed by atoms with Gasteiger partial charge < -0.3 is 23.7 Å². The van der Waals surface area contributed by atoms with Gasteiger partial charge in [0.25, 0.3) is 0 Å². The van der Waals surface area contributed by atoms with E-state index in [9.17, 15) is 9.59 Å². The van der Waals surface area contributed by atoms with Crippen LogP contribution in [0.4, 0.5) is 0 Å². The monoisotopic (exact) mass is 398 g/mol. The lowest BCUT2D eigenvalue weighted by atomic mass is 10.1. The fourth-order valence-corrected chi connectivity index (χ4v) is 3.01. The quantitative estimate of drug-likeness (QED) is 0.414. The third-order valence-electron chi connectivity index (χ3n) is 4.53. The first-order valence-corrected chi connectivity index (χ1v) is 9.02. The zero-order valence-electron chi connectivity index (χ0n) is 17.0. The molecule has 1 aliphatic rings. The summed E-state index contributed by atoms with van der Waals surface area (Å²) < 4.78 is 27.1. The van der Waals surface area contributed by atoms with E-state index in [1.54, 1.807) is 44.2 Å². The van der Waals surface area contributed by atoms with Crippen LogP contribution in [0.25, 0.3) is 6.08 Å². The lowest BCUT2D eigenvalue weighted by Gasteiger charge is -2.13. The summed E-state index contributed by atoms with van der Waals surface area (Å²) in [5.74, 6) is 1.68. The molecule has 0 aliphatic carbocycles. The van der Waals surface area contributed by atoms with Crippen LogP contribution in [0.1, 0.15) is 34.8 Å². The zero-order chi connectivity index (χ0) is 21.1. The normalized spacial score (nSPS) is 13.7. The molecule has 0 saturated carbocycles. The number of carbonyl (C=O) groups is 2. The predicted molar refractivity (Wildman–Crippen MR) is 106 cm³/mol. The molecule has 2 aromatic rings. The number of esters is 1. The molecule has 0 fully saturated rings. The van der Waals surface area contributed by atoms with Crippen LogP contribution < -0.4 is 23.7 Å². The zero-order valence-corrected chi connectivity index (χ0v) is 17.0. The highest BCUT2D eigenvalue weighted by Gasteiger charge is 2.30. The second kappa shape index (κ2) is 8.26. The fourth-order valence-electron chi connectivity index (χ4n) is 3.01. The molecule has 0 unspecified atom stereocenters. The molecule has 29 heavy (non-hydrogen) atoms. The number of allylic oxidation sites excluding steroid dienone is 1. The molecule has 7 nitrogen and oxygen atoms in total. The summed E-state index contributed by atoms with van der Waals surface area (Å²) in [5.41, 5.74) is 1.65. The molecule has 0 spiro atoms. The van der Waals surface area contributed by atoms with Gasteiger partial charge >= 0.3 is 5.97 Å². The second-order valence-electron chi connectivity index (χ2n) is 6.29. The van der Waals surface area contributed by atoms with E-state index in [4.69, 9.17) is 23.7 Å². The van der Waals surface area contributed by atoms with Gasteiger partial charge in [0.15, 0.2) is 17.3 Å². The lowest BCUT2D eigenvalue weighted by molar-refractivity contribution is -0.134. The van der Waals surface area contributed by atoms with Crippen LogP contribution in [0.2, 0.25) is 0 Å². The maximum atomic E-state index is 12.8. The number of methoxy groups -OCH3 is 3. The topological polar surface area (TPSA) is 80.3 Å². The average molecular weight is 398 g/mol. The Kier molecular flexibility index (Phi) is 5.77. The van der Waals surface area contributed by atoms with Gasteiger partial charge in [-0.15, -0.1) is 0 Å².